The van der Waals surface area contributed by atoms with Crippen molar-refractivity contribution in [2.24, 2.45) is 0 Å². The molecular formula is C13H13FN4O2. The van der Waals surface area contributed by atoms with Crippen molar-refractivity contribution in [1.29, 1.82) is 0 Å². The summed E-state index contributed by atoms with van der Waals surface area (Å²) in [6, 6.07) is 5.42. The van der Waals surface area contributed by atoms with Crippen LogP contribution in [0.1, 0.15) is 31.3 Å². The largest absolute Gasteiger partial charge is 0.478 e. The second-order valence-electron chi connectivity index (χ2n) is 4.46. The fourth-order valence-corrected chi connectivity index (χ4v) is 1.67. The van der Waals surface area contributed by atoms with Crippen LogP contribution in [0.2, 0.25) is 0 Å². The van der Waals surface area contributed by atoms with Gasteiger partial charge in [0, 0.05) is 0 Å². The van der Waals surface area contributed by atoms with Crippen molar-refractivity contribution in [3.8, 4) is 0 Å². The Morgan fingerprint density at radius 3 is 2.55 bits per heavy atom. The van der Waals surface area contributed by atoms with Gasteiger partial charge in [-0.25, -0.2) is 13.9 Å². The maximum atomic E-state index is 12.9. The quantitative estimate of drug-likeness (QED) is 0.864. The van der Waals surface area contributed by atoms with Gasteiger partial charge in [0.15, 0.2) is 5.82 Å². The van der Waals surface area contributed by atoms with Crippen molar-refractivity contribution in [2.45, 2.75) is 19.9 Å². The first-order chi connectivity index (χ1) is 9.49. The third-order valence-electron chi connectivity index (χ3n) is 2.63. The summed E-state index contributed by atoms with van der Waals surface area (Å²) in [5.41, 5.74) is 0.511. The van der Waals surface area contributed by atoms with E-state index in [-0.39, 0.29) is 23.3 Å². The van der Waals surface area contributed by atoms with Crippen molar-refractivity contribution in [3.63, 3.8) is 0 Å². The summed E-state index contributed by atoms with van der Waals surface area (Å²) in [5, 5.41) is 20.3. The van der Waals surface area contributed by atoms with Crippen LogP contribution in [0.15, 0.2) is 24.3 Å². The van der Waals surface area contributed by atoms with Gasteiger partial charge in [0.2, 0.25) is 0 Å². The normalized spacial score (nSPS) is 11.9. The van der Waals surface area contributed by atoms with E-state index in [9.17, 15) is 14.3 Å². The molecule has 0 aliphatic carbocycles. The van der Waals surface area contributed by atoms with Crippen LogP contribution < -0.4 is 0 Å². The molecule has 0 spiro atoms. The van der Waals surface area contributed by atoms with Gasteiger partial charge in [-0.3, -0.25) is 0 Å². The molecular weight excluding hydrogens is 263 g/mol. The Balaban J connectivity index is 2.48. The lowest BCUT2D eigenvalue weighted by Crippen LogP contribution is -2.11. The molecule has 0 atom stereocenters. The lowest BCUT2D eigenvalue weighted by atomic mass is 10.1. The molecule has 0 fully saturated rings. The molecule has 0 saturated heterocycles. The van der Waals surface area contributed by atoms with Gasteiger partial charge in [-0.2, -0.15) is 0 Å². The molecule has 0 unspecified atom stereocenters. The van der Waals surface area contributed by atoms with E-state index in [2.05, 4.69) is 15.5 Å². The molecule has 20 heavy (non-hydrogen) atoms. The summed E-state index contributed by atoms with van der Waals surface area (Å²) < 4.78 is 14.3. The van der Waals surface area contributed by atoms with Gasteiger partial charge in [-0.15, -0.1) is 5.10 Å². The molecule has 0 saturated carbocycles. The Kier molecular flexibility index (Phi) is 3.88. The molecule has 0 bridgehead atoms. The van der Waals surface area contributed by atoms with Crippen LogP contribution >= 0.6 is 0 Å². The van der Waals surface area contributed by atoms with E-state index < -0.39 is 5.97 Å². The van der Waals surface area contributed by atoms with E-state index in [4.69, 9.17) is 0 Å². The molecule has 2 aromatic rings. The maximum absolute atomic E-state index is 12.9. The molecule has 7 heteroatoms. The Morgan fingerprint density at radius 2 is 2.00 bits per heavy atom. The summed E-state index contributed by atoms with van der Waals surface area (Å²) in [4.78, 5) is 11.4. The number of rotatable bonds is 4. The molecule has 6 nitrogen and oxygen atoms in total. The van der Waals surface area contributed by atoms with Crippen LogP contribution in [0.25, 0.3) is 11.6 Å². The lowest BCUT2D eigenvalue weighted by molar-refractivity contribution is -0.130. The minimum Gasteiger partial charge on any atom is -0.478 e. The number of aliphatic carboxylic acids is 1. The number of aromatic nitrogens is 4. The van der Waals surface area contributed by atoms with Gasteiger partial charge >= 0.3 is 5.97 Å². The Morgan fingerprint density at radius 1 is 1.35 bits per heavy atom. The van der Waals surface area contributed by atoms with Crippen molar-refractivity contribution in [1.82, 2.24) is 20.2 Å². The SMILES string of the molecule is CC(C)n1nnnc1C(=Cc1ccc(F)cc1)C(=O)O. The molecule has 0 aliphatic rings. The second-order valence-corrected chi connectivity index (χ2v) is 4.46. The first-order valence-corrected chi connectivity index (χ1v) is 5.98. The van der Waals surface area contributed by atoms with Crippen LogP contribution in [-0.4, -0.2) is 31.3 Å². The molecule has 1 aromatic carbocycles. The molecule has 104 valence electrons. The second kappa shape index (κ2) is 5.60. The number of tetrazole rings is 1. The summed E-state index contributed by atoms with van der Waals surface area (Å²) in [6.07, 6.45) is 1.41. The molecule has 1 heterocycles. The van der Waals surface area contributed by atoms with E-state index in [1.54, 1.807) is 0 Å². The molecule has 2 rings (SSSR count). The highest BCUT2D eigenvalue weighted by molar-refractivity contribution is 6.19. The number of carboxylic acids is 1. The smallest absolute Gasteiger partial charge is 0.339 e. The minimum atomic E-state index is -1.15. The predicted octanol–water partition coefficient (Wildman–Crippen LogP) is 2.02. The highest BCUT2D eigenvalue weighted by Gasteiger charge is 2.19. The third-order valence-corrected chi connectivity index (χ3v) is 2.63. The standard InChI is InChI=1S/C13H13FN4O2/c1-8(2)18-12(15-16-17-18)11(13(19)20)7-9-3-5-10(14)6-4-9/h3-8H,1-2H3,(H,19,20). The molecule has 0 aliphatic heterocycles. The van der Waals surface area contributed by atoms with Gasteiger partial charge in [0.05, 0.1) is 6.04 Å². The van der Waals surface area contributed by atoms with Gasteiger partial charge in [0.1, 0.15) is 11.4 Å². The predicted molar refractivity (Wildman–Crippen MR) is 70.1 cm³/mol. The Labute approximate surface area is 114 Å². The average molecular weight is 276 g/mol. The van der Waals surface area contributed by atoms with E-state index in [1.807, 2.05) is 13.8 Å². The van der Waals surface area contributed by atoms with Crippen molar-refractivity contribution < 1.29 is 14.3 Å². The molecule has 1 aromatic heterocycles. The number of carbonyl (C=O) groups is 1. The van der Waals surface area contributed by atoms with Crippen LogP contribution in [-0.2, 0) is 4.79 Å². The zero-order valence-electron chi connectivity index (χ0n) is 11.0. The molecule has 1 N–H and O–H groups in total. The van der Waals surface area contributed by atoms with Crippen molar-refractivity contribution in [2.75, 3.05) is 0 Å². The molecule has 0 amide bonds. The van der Waals surface area contributed by atoms with Crippen LogP contribution in [0.4, 0.5) is 4.39 Å². The van der Waals surface area contributed by atoms with Crippen LogP contribution in [0.5, 0.6) is 0 Å². The number of carboxylic acid groups (broad SMARTS) is 1. The van der Waals surface area contributed by atoms with E-state index in [0.29, 0.717) is 5.56 Å². The van der Waals surface area contributed by atoms with Crippen LogP contribution in [0, 0.1) is 5.82 Å². The van der Waals surface area contributed by atoms with E-state index in [0.717, 1.165) is 0 Å². The summed E-state index contributed by atoms with van der Waals surface area (Å²) in [7, 11) is 0. The summed E-state index contributed by atoms with van der Waals surface area (Å²) in [6.45, 7) is 3.69. The van der Waals surface area contributed by atoms with Gasteiger partial charge < -0.3 is 5.11 Å². The van der Waals surface area contributed by atoms with Crippen molar-refractivity contribution >= 4 is 17.6 Å². The van der Waals surface area contributed by atoms with Gasteiger partial charge in [-0.1, -0.05) is 12.1 Å². The monoisotopic (exact) mass is 276 g/mol. The number of benzene rings is 1. The van der Waals surface area contributed by atoms with Crippen molar-refractivity contribution in [3.05, 3.63) is 41.5 Å². The number of nitrogens with zero attached hydrogens (tertiary/aromatic N) is 4. The van der Waals surface area contributed by atoms with E-state index >= 15 is 0 Å². The fraction of sp³-hybridized carbons (Fsp3) is 0.231. The Hall–Kier alpha value is -2.57. The Bertz CT molecular complexity index is 647. The summed E-state index contributed by atoms with van der Waals surface area (Å²) in [5.74, 6) is -1.37. The first kappa shape index (κ1) is 13.9. The first-order valence-electron chi connectivity index (χ1n) is 5.98. The average Bonchev–Trinajstić information content (AvgIpc) is 2.86. The highest BCUT2D eigenvalue weighted by atomic mass is 19.1. The topological polar surface area (TPSA) is 80.9 Å². The van der Waals surface area contributed by atoms with Gasteiger partial charge in [-0.05, 0) is 48.0 Å². The fourth-order valence-electron chi connectivity index (χ4n) is 1.67. The van der Waals surface area contributed by atoms with Gasteiger partial charge in [0.25, 0.3) is 0 Å². The zero-order chi connectivity index (χ0) is 14.7. The zero-order valence-corrected chi connectivity index (χ0v) is 11.0. The van der Waals surface area contributed by atoms with E-state index in [1.165, 1.54) is 35.0 Å². The minimum absolute atomic E-state index is 0.0460. The molecule has 0 radical (unpaired) electrons. The lowest BCUT2D eigenvalue weighted by Gasteiger charge is -2.08. The van der Waals surface area contributed by atoms with Crippen LogP contribution in [0.3, 0.4) is 0 Å². The number of halogens is 1. The highest BCUT2D eigenvalue weighted by Crippen LogP contribution is 2.18. The maximum Gasteiger partial charge on any atom is 0.339 e. The number of hydrogen-bond donors (Lipinski definition) is 1. The third kappa shape index (κ3) is 2.87. The summed E-state index contributed by atoms with van der Waals surface area (Å²) >= 11 is 0. The number of hydrogen-bond acceptors (Lipinski definition) is 4.